The average molecular weight is 379 g/mol. The zero-order chi connectivity index (χ0) is 20.1. The molecule has 0 atom stereocenters. The van der Waals surface area contributed by atoms with Crippen LogP contribution in [0.4, 0.5) is 5.69 Å². The number of aliphatic carboxylic acids is 1. The van der Waals surface area contributed by atoms with Gasteiger partial charge in [0.15, 0.2) is 6.61 Å². The maximum atomic E-state index is 10.5. The van der Waals surface area contributed by atoms with E-state index in [0.29, 0.717) is 34.1 Å². The van der Waals surface area contributed by atoms with E-state index in [1.807, 2.05) is 13.8 Å². The molecule has 8 nitrogen and oxygen atoms in total. The minimum absolute atomic E-state index is 0.0381. The van der Waals surface area contributed by atoms with Crippen LogP contribution in [-0.4, -0.2) is 33.9 Å². The van der Waals surface area contributed by atoms with Crippen LogP contribution in [0.2, 0.25) is 0 Å². The maximum absolute atomic E-state index is 10.5. The second-order valence-electron chi connectivity index (χ2n) is 6.09. The third-order valence-corrected chi connectivity index (χ3v) is 3.59. The number of carboxylic acid groups (broad SMARTS) is 1. The van der Waals surface area contributed by atoms with Gasteiger partial charge in [-0.3, -0.25) is 0 Å². The van der Waals surface area contributed by atoms with Crippen molar-refractivity contribution in [2.75, 3.05) is 6.61 Å². The van der Waals surface area contributed by atoms with Crippen molar-refractivity contribution in [2.45, 2.75) is 20.0 Å². The van der Waals surface area contributed by atoms with Crippen LogP contribution >= 0.6 is 0 Å². The molecule has 0 fully saturated rings. The quantitative estimate of drug-likeness (QED) is 0.614. The summed E-state index contributed by atoms with van der Waals surface area (Å²) >= 11 is 0. The van der Waals surface area contributed by atoms with Crippen LogP contribution in [0, 0.1) is 6.57 Å². The number of benzene rings is 2. The van der Waals surface area contributed by atoms with Gasteiger partial charge in [0.05, 0.1) is 12.7 Å². The molecule has 1 heterocycles. The summed E-state index contributed by atoms with van der Waals surface area (Å²) in [6, 6.07) is 11.8. The van der Waals surface area contributed by atoms with Crippen LogP contribution in [0.1, 0.15) is 13.8 Å². The van der Waals surface area contributed by atoms with Crippen molar-refractivity contribution in [3.05, 3.63) is 53.9 Å². The number of carbonyl (C=O) groups is 1. The Morgan fingerprint density at radius 2 is 1.93 bits per heavy atom. The largest absolute Gasteiger partial charge is 0.502 e. The second-order valence-corrected chi connectivity index (χ2v) is 6.09. The number of ether oxygens (including phenoxy) is 2. The molecule has 0 amide bonds. The Hall–Kier alpha value is -3.86. The van der Waals surface area contributed by atoms with Crippen molar-refractivity contribution < 1.29 is 23.9 Å². The number of aromatic nitrogens is 2. The summed E-state index contributed by atoms with van der Waals surface area (Å²) < 4.78 is 16.0. The molecule has 0 aliphatic heterocycles. The minimum Gasteiger partial charge on any atom is -0.502 e. The fourth-order valence-electron chi connectivity index (χ4n) is 2.39. The van der Waals surface area contributed by atoms with E-state index in [1.165, 1.54) is 0 Å². The second kappa shape index (κ2) is 8.22. The molecule has 2 aromatic carbocycles. The van der Waals surface area contributed by atoms with Gasteiger partial charge in [0, 0.05) is 11.1 Å². The van der Waals surface area contributed by atoms with Crippen LogP contribution in [0.5, 0.6) is 11.5 Å². The number of carboxylic acids is 1. The lowest BCUT2D eigenvalue weighted by Gasteiger charge is -2.11. The molecule has 0 aliphatic rings. The van der Waals surface area contributed by atoms with Crippen molar-refractivity contribution in [1.82, 2.24) is 10.1 Å². The van der Waals surface area contributed by atoms with Gasteiger partial charge < -0.3 is 19.1 Å². The van der Waals surface area contributed by atoms with Gasteiger partial charge in [-0.05, 0) is 56.3 Å². The lowest BCUT2D eigenvalue weighted by atomic mass is 10.1. The molecule has 0 spiro atoms. The van der Waals surface area contributed by atoms with Crippen LogP contribution in [-0.2, 0) is 4.79 Å². The first-order chi connectivity index (χ1) is 13.5. The van der Waals surface area contributed by atoms with Crippen molar-refractivity contribution in [2.24, 2.45) is 0 Å². The number of nitrogens with zero attached hydrogens (tertiary/aromatic N) is 3. The first-order valence-electron chi connectivity index (χ1n) is 8.43. The molecule has 1 N–H and O–H groups in total. The molecule has 0 bridgehead atoms. The van der Waals surface area contributed by atoms with Crippen molar-refractivity contribution in [1.29, 1.82) is 0 Å². The Kier molecular flexibility index (Phi) is 5.56. The summed E-state index contributed by atoms with van der Waals surface area (Å²) in [5, 5.41) is 12.6. The van der Waals surface area contributed by atoms with Crippen molar-refractivity contribution in [3.8, 4) is 34.3 Å². The van der Waals surface area contributed by atoms with Crippen LogP contribution < -0.4 is 9.47 Å². The molecule has 28 heavy (non-hydrogen) atoms. The topological polar surface area (TPSA) is 99.0 Å². The van der Waals surface area contributed by atoms with Crippen LogP contribution in [0.15, 0.2) is 47.0 Å². The van der Waals surface area contributed by atoms with E-state index in [9.17, 15) is 4.79 Å². The highest BCUT2D eigenvalue weighted by Gasteiger charge is 2.14. The highest BCUT2D eigenvalue weighted by molar-refractivity contribution is 5.69. The van der Waals surface area contributed by atoms with Crippen molar-refractivity contribution >= 4 is 11.7 Å². The zero-order valence-corrected chi connectivity index (χ0v) is 15.2. The van der Waals surface area contributed by atoms with Gasteiger partial charge in [-0.1, -0.05) is 5.16 Å². The minimum atomic E-state index is -1.05. The first kappa shape index (κ1) is 18.9. The van der Waals surface area contributed by atoms with Gasteiger partial charge in [-0.25, -0.2) is 9.64 Å². The molecule has 0 aliphatic carbocycles. The summed E-state index contributed by atoms with van der Waals surface area (Å²) in [5.74, 6) is 0.534. The maximum Gasteiger partial charge on any atom is 0.341 e. The Bertz CT molecular complexity index is 1020. The molecular weight excluding hydrogens is 362 g/mol. The Labute approximate surface area is 161 Å². The molecule has 0 unspecified atom stereocenters. The van der Waals surface area contributed by atoms with E-state index in [-0.39, 0.29) is 12.0 Å². The molecule has 3 aromatic rings. The summed E-state index contributed by atoms with van der Waals surface area (Å²) in [4.78, 5) is 18.4. The average Bonchev–Trinajstić information content (AvgIpc) is 3.17. The van der Waals surface area contributed by atoms with Crippen LogP contribution in [0.25, 0.3) is 27.7 Å². The van der Waals surface area contributed by atoms with Crippen molar-refractivity contribution in [3.63, 3.8) is 0 Å². The fraction of sp³-hybridized carbons (Fsp3) is 0.200. The van der Waals surface area contributed by atoms with Gasteiger partial charge in [-0.15, -0.1) is 0 Å². The molecular formula is C20H17N3O5. The predicted molar refractivity (Wildman–Crippen MR) is 100 cm³/mol. The molecule has 1 aromatic heterocycles. The lowest BCUT2D eigenvalue weighted by molar-refractivity contribution is -0.139. The van der Waals surface area contributed by atoms with Gasteiger partial charge in [0.25, 0.3) is 5.89 Å². The summed E-state index contributed by atoms with van der Waals surface area (Å²) in [7, 11) is 0. The summed E-state index contributed by atoms with van der Waals surface area (Å²) in [6.07, 6.45) is -0.0381. The molecule has 3 rings (SSSR count). The van der Waals surface area contributed by atoms with Gasteiger partial charge in [0.1, 0.15) is 11.5 Å². The standard InChI is InChI=1S/C20H17N3O5/c1-12(2)27-17-9-6-14(10-16(17)21-3)20-22-19(23-28-20)13-4-7-15(8-5-13)26-11-18(24)25/h4-10,12H,11H2,1-2H3,(H,24,25). The normalized spacial score (nSPS) is 10.5. The van der Waals surface area contributed by atoms with Crippen LogP contribution in [0.3, 0.4) is 0 Å². The highest BCUT2D eigenvalue weighted by Crippen LogP contribution is 2.33. The summed E-state index contributed by atoms with van der Waals surface area (Å²) in [6.45, 7) is 10.7. The van der Waals surface area contributed by atoms with E-state index in [2.05, 4.69) is 15.0 Å². The molecule has 0 saturated heterocycles. The van der Waals surface area contributed by atoms with Gasteiger partial charge in [0.2, 0.25) is 11.5 Å². The zero-order valence-electron chi connectivity index (χ0n) is 15.2. The molecule has 8 heteroatoms. The number of hydrogen-bond donors (Lipinski definition) is 1. The monoisotopic (exact) mass is 379 g/mol. The van der Waals surface area contributed by atoms with Gasteiger partial charge in [-0.2, -0.15) is 4.98 Å². The fourth-order valence-corrected chi connectivity index (χ4v) is 2.39. The molecule has 0 saturated carbocycles. The Balaban J connectivity index is 1.80. The number of hydrogen-bond acceptors (Lipinski definition) is 6. The smallest absolute Gasteiger partial charge is 0.341 e. The number of rotatable bonds is 7. The van der Waals surface area contributed by atoms with E-state index in [4.69, 9.17) is 25.7 Å². The Morgan fingerprint density at radius 1 is 1.21 bits per heavy atom. The van der Waals surface area contributed by atoms with E-state index < -0.39 is 12.6 Å². The SMILES string of the molecule is [C-]#[N+]c1cc(-c2nc(-c3ccc(OCC(=O)O)cc3)no2)ccc1OC(C)C. The Morgan fingerprint density at radius 3 is 2.57 bits per heavy atom. The third kappa shape index (κ3) is 4.45. The molecule has 142 valence electrons. The summed E-state index contributed by atoms with van der Waals surface area (Å²) in [5.41, 5.74) is 1.66. The van der Waals surface area contributed by atoms with E-state index in [1.54, 1.807) is 42.5 Å². The molecule has 0 radical (unpaired) electrons. The van der Waals surface area contributed by atoms with Gasteiger partial charge >= 0.3 is 5.97 Å². The van der Waals surface area contributed by atoms with E-state index in [0.717, 1.165) is 0 Å². The predicted octanol–water partition coefficient (Wildman–Crippen LogP) is 4.20. The highest BCUT2D eigenvalue weighted by atomic mass is 16.5. The third-order valence-electron chi connectivity index (χ3n) is 3.59. The first-order valence-corrected chi connectivity index (χ1v) is 8.43. The van der Waals surface area contributed by atoms with E-state index >= 15 is 0 Å². The lowest BCUT2D eigenvalue weighted by Crippen LogP contribution is -2.09.